The summed E-state index contributed by atoms with van der Waals surface area (Å²) in [7, 11) is 2.01. The molecular formula is C12H21N5. The molecule has 0 amide bonds. The highest BCUT2D eigenvalue weighted by atomic mass is 15.2. The molecule has 1 fully saturated rings. The van der Waals surface area contributed by atoms with Crippen molar-refractivity contribution in [1.29, 1.82) is 0 Å². The highest BCUT2D eigenvalue weighted by Crippen LogP contribution is 2.19. The molecule has 94 valence electrons. The molecule has 1 atom stereocenters. The first-order valence-corrected chi connectivity index (χ1v) is 6.20. The van der Waals surface area contributed by atoms with Crippen LogP contribution in [0.4, 0.5) is 11.6 Å². The minimum absolute atomic E-state index is 0.390. The molecule has 0 aliphatic carbocycles. The lowest BCUT2D eigenvalue weighted by molar-refractivity contribution is 0.616. The molecule has 17 heavy (non-hydrogen) atoms. The monoisotopic (exact) mass is 235 g/mol. The maximum Gasteiger partial charge on any atom is 0.134 e. The van der Waals surface area contributed by atoms with Crippen LogP contribution >= 0.6 is 0 Å². The van der Waals surface area contributed by atoms with Gasteiger partial charge >= 0.3 is 0 Å². The number of hydrogen-bond donors (Lipinski definition) is 2. The average Bonchev–Trinajstić information content (AvgIpc) is 2.77. The number of likely N-dealkylation sites (N-methyl/N-ethyl adjacent to an activating group) is 1. The Labute approximate surface area is 103 Å². The van der Waals surface area contributed by atoms with Crippen LogP contribution in [0.25, 0.3) is 0 Å². The fraction of sp³-hybridized carbons (Fsp3) is 0.667. The van der Waals surface area contributed by atoms with Gasteiger partial charge in [0.1, 0.15) is 18.0 Å². The summed E-state index contributed by atoms with van der Waals surface area (Å²) in [5.74, 6) is 1.92. The van der Waals surface area contributed by atoms with E-state index in [1.54, 1.807) is 6.33 Å². The maximum absolute atomic E-state index is 4.34. The zero-order chi connectivity index (χ0) is 12.3. The van der Waals surface area contributed by atoms with Crippen molar-refractivity contribution >= 4 is 11.6 Å². The van der Waals surface area contributed by atoms with Crippen LogP contribution in [0.2, 0.25) is 0 Å². The van der Waals surface area contributed by atoms with Gasteiger partial charge < -0.3 is 15.5 Å². The van der Waals surface area contributed by atoms with E-state index in [2.05, 4.69) is 39.3 Å². The number of aromatic nitrogens is 2. The molecule has 1 aliphatic rings. The summed E-state index contributed by atoms with van der Waals surface area (Å²) in [5, 5.41) is 6.61. The van der Waals surface area contributed by atoms with Crippen LogP contribution in [-0.2, 0) is 0 Å². The Morgan fingerprint density at radius 3 is 2.88 bits per heavy atom. The van der Waals surface area contributed by atoms with Gasteiger partial charge in [-0.2, -0.15) is 0 Å². The summed E-state index contributed by atoms with van der Waals surface area (Å²) in [6.45, 7) is 6.29. The van der Waals surface area contributed by atoms with Crippen molar-refractivity contribution in [2.45, 2.75) is 32.4 Å². The normalized spacial score (nSPS) is 20.0. The molecule has 0 unspecified atom stereocenters. The van der Waals surface area contributed by atoms with E-state index in [1.165, 1.54) is 6.42 Å². The molecule has 2 rings (SSSR count). The molecule has 2 N–H and O–H groups in total. The Balaban J connectivity index is 2.06. The first-order chi connectivity index (χ1) is 8.19. The predicted octanol–water partition coefficient (Wildman–Crippen LogP) is 1.09. The third-order valence-electron chi connectivity index (χ3n) is 3.01. The Morgan fingerprint density at radius 1 is 1.41 bits per heavy atom. The minimum atomic E-state index is 0.390. The van der Waals surface area contributed by atoms with Crippen molar-refractivity contribution < 1.29 is 0 Å². The van der Waals surface area contributed by atoms with Crippen LogP contribution in [0.1, 0.15) is 20.3 Å². The highest BCUT2D eigenvalue weighted by molar-refractivity contribution is 5.49. The molecule has 0 aromatic carbocycles. The van der Waals surface area contributed by atoms with Crippen LogP contribution in [0.15, 0.2) is 12.4 Å². The summed E-state index contributed by atoms with van der Waals surface area (Å²) in [6, 6.07) is 2.99. The van der Waals surface area contributed by atoms with Gasteiger partial charge in [-0.1, -0.05) is 0 Å². The van der Waals surface area contributed by atoms with E-state index in [0.717, 1.165) is 24.7 Å². The van der Waals surface area contributed by atoms with Gasteiger partial charge in [0.2, 0.25) is 0 Å². The molecule has 0 saturated carbocycles. The van der Waals surface area contributed by atoms with Crippen molar-refractivity contribution in [3.05, 3.63) is 12.4 Å². The van der Waals surface area contributed by atoms with Gasteiger partial charge in [0.15, 0.2) is 0 Å². The summed E-state index contributed by atoms with van der Waals surface area (Å²) in [6.07, 6.45) is 2.81. The Kier molecular flexibility index (Phi) is 3.78. The quantitative estimate of drug-likeness (QED) is 0.818. The van der Waals surface area contributed by atoms with Crippen molar-refractivity contribution in [2.75, 3.05) is 30.4 Å². The number of hydrogen-bond acceptors (Lipinski definition) is 5. The lowest BCUT2D eigenvalue weighted by Gasteiger charge is -2.18. The second-order valence-corrected chi connectivity index (χ2v) is 4.78. The van der Waals surface area contributed by atoms with E-state index in [-0.39, 0.29) is 0 Å². The average molecular weight is 235 g/mol. The SMILES string of the molecule is CN[C@@H]1CCN(c2cc(NC(C)C)ncn2)C1. The molecule has 0 spiro atoms. The smallest absolute Gasteiger partial charge is 0.134 e. The number of anilines is 2. The zero-order valence-electron chi connectivity index (χ0n) is 10.8. The Morgan fingerprint density at radius 2 is 2.24 bits per heavy atom. The number of nitrogens with zero attached hydrogens (tertiary/aromatic N) is 3. The number of nitrogens with one attached hydrogen (secondary N) is 2. The van der Waals surface area contributed by atoms with E-state index in [1.807, 2.05) is 13.1 Å². The zero-order valence-corrected chi connectivity index (χ0v) is 10.8. The molecular weight excluding hydrogens is 214 g/mol. The lowest BCUT2D eigenvalue weighted by Crippen LogP contribution is -2.30. The van der Waals surface area contributed by atoms with Gasteiger partial charge in [0.05, 0.1) is 0 Å². The maximum atomic E-state index is 4.34. The fourth-order valence-corrected chi connectivity index (χ4v) is 2.10. The van der Waals surface area contributed by atoms with Gasteiger partial charge in [-0.05, 0) is 27.3 Å². The van der Waals surface area contributed by atoms with E-state index >= 15 is 0 Å². The molecule has 1 aliphatic heterocycles. The molecule has 1 aromatic rings. The lowest BCUT2D eigenvalue weighted by atomic mass is 10.3. The molecule has 1 aromatic heterocycles. The van der Waals surface area contributed by atoms with Gasteiger partial charge in [0, 0.05) is 31.2 Å². The van der Waals surface area contributed by atoms with Crippen LogP contribution in [0.3, 0.4) is 0 Å². The first kappa shape index (κ1) is 12.1. The van der Waals surface area contributed by atoms with Crippen molar-refractivity contribution in [3.63, 3.8) is 0 Å². The van der Waals surface area contributed by atoms with Crippen molar-refractivity contribution in [1.82, 2.24) is 15.3 Å². The topological polar surface area (TPSA) is 53.1 Å². The van der Waals surface area contributed by atoms with Gasteiger partial charge in [-0.15, -0.1) is 0 Å². The molecule has 1 saturated heterocycles. The molecule has 0 radical (unpaired) electrons. The third-order valence-corrected chi connectivity index (χ3v) is 3.01. The molecule has 5 nitrogen and oxygen atoms in total. The van der Waals surface area contributed by atoms with Crippen molar-refractivity contribution in [3.8, 4) is 0 Å². The van der Waals surface area contributed by atoms with Crippen molar-refractivity contribution in [2.24, 2.45) is 0 Å². The second kappa shape index (κ2) is 5.31. The van der Waals surface area contributed by atoms with E-state index < -0.39 is 0 Å². The van der Waals surface area contributed by atoms with Gasteiger partial charge in [-0.25, -0.2) is 9.97 Å². The molecule has 0 bridgehead atoms. The first-order valence-electron chi connectivity index (χ1n) is 6.20. The molecule has 2 heterocycles. The summed E-state index contributed by atoms with van der Waals surface area (Å²) in [5.41, 5.74) is 0. The fourth-order valence-electron chi connectivity index (χ4n) is 2.10. The standard InChI is InChI=1S/C12H21N5/c1-9(2)16-11-6-12(15-8-14-11)17-5-4-10(7-17)13-3/h6,8-10,13H,4-5,7H2,1-3H3,(H,14,15,16)/t10-/m1/s1. The predicted molar refractivity (Wildman–Crippen MR) is 70.5 cm³/mol. The van der Waals surface area contributed by atoms with Gasteiger partial charge in [0.25, 0.3) is 0 Å². The van der Waals surface area contributed by atoms with E-state index in [4.69, 9.17) is 0 Å². The third kappa shape index (κ3) is 3.06. The Bertz CT molecular complexity index is 366. The van der Waals surface area contributed by atoms with Crippen LogP contribution in [0, 0.1) is 0 Å². The number of rotatable bonds is 4. The summed E-state index contributed by atoms with van der Waals surface area (Å²) in [4.78, 5) is 10.9. The van der Waals surface area contributed by atoms with Gasteiger partial charge in [-0.3, -0.25) is 0 Å². The van der Waals surface area contributed by atoms with E-state index in [0.29, 0.717) is 12.1 Å². The summed E-state index contributed by atoms with van der Waals surface area (Å²) >= 11 is 0. The van der Waals surface area contributed by atoms with E-state index in [9.17, 15) is 0 Å². The van der Waals surface area contributed by atoms with Crippen LogP contribution in [0.5, 0.6) is 0 Å². The minimum Gasteiger partial charge on any atom is -0.368 e. The van der Waals surface area contributed by atoms with Crippen LogP contribution < -0.4 is 15.5 Å². The highest BCUT2D eigenvalue weighted by Gasteiger charge is 2.22. The van der Waals surface area contributed by atoms with Crippen LogP contribution in [-0.4, -0.2) is 42.2 Å². The molecule has 5 heteroatoms. The summed E-state index contributed by atoms with van der Waals surface area (Å²) < 4.78 is 0. The Hall–Kier alpha value is -1.36. The second-order valence-electron chi connectivity index (χ2n) is 4.78. The largest absolute Gasteiger partial charge is 0.368 e.